The second-order valence-corrected chi connectivity index (χ2v) is 6.39. The summed E-state index contributed by atoms with van der Waals surface area (Å²) >= 11 is 3.58. The predicted molar refractivity (Wildman–Crippen MR) is 82.4 cm³/mol. The van der Waals surface area contributed by atoms with Crippen molar-refractivity contribution in [2.24, 2.45) is 0 Å². The molecule has 3 rings (SSSR count). The first-order chi connectivity index (χ1) is 9.36. The summed E-state index contributed by atoms with van der Waals surface area (Å²) < 4.78 is 5.57. The molecule has 1 aromatic carbocycles. The van der Waals surface area contributed by atoms with E-state index in [9.17, 15) is 0 Å². The molecule has 0 bridgehead atoms. The van der Waals surface area contributed by atoms with E-state index in [1.165, 1.54) is 43.5 Å². The Morgan fingerprint density at radius 1 is 1.26 bits per heavy atom. The first-order valence-corrected chi connectivity index (χ1v) is 8.53. The molecule has 19 heavy (non-hydrogen) atoms. The third kappa shape index (κ3) is 3.14. The van der Waals surface area contributed by atoms with Gasteiger partial charge >= 0.3 is 0 Å². The lowest BCUT2D eigenvalue weighted by Gasteiger charge is -2.37. The molecule has 0 N–H and O–H groups in total. The van der Waals surface area contributed by atoms with E-state index in [1.807, 2.05) is 0 Å². The van der Waals surface area contributed by atoms with Gasteiger partial charge in [0, 0.05) is 30.9 Å². The summed E-state index contributed by atoms with van der Waals surface area (Å²) in [5.41, 5.74) is 2.86. The lowest BCUT2D eigenvalue weighted by Crippen LogP contribution is -2.42. The van der Waals surface area contributed by atoms with E-state index in [0.29, 0.717) is 0 Å². The molecule has 0 spiro atoms. The Morgan fingerprint density at radius 2 is 2.16 bits per heavy atom. The fourth-order valence-corrected chi connectivity index (χ4v) is 3.46. The van der Waals surface area contributed by atoms with Crippen LogP contribution in [0.4, 0.5) is 0 Å². The molecule has 0 unspecified atom stereocenters. The van der Waals surface area contributed by atoms with Crippen molar-refractivity contribution in [1.29, 1.82) is 0 Å². The monoisotopic (exact) mass is 323 g/mol. The van der Waals surface area contributed by atoms with Crippen LogP contribution in [0.1, 0.15) is 30.4 Å². The number of nitrogens with zero attached hydrogens (tertiary/aromatic N) is 1. The summed E-state index contributed by atoms with van der Waals surface area (Å²) in [6, 6.07) is 7.57. The molecular weight excluding hydrogens is 302 g/mol. The highest BCUT2D eigenvalue weighted by Gasteiger charge is 2.24. The average Bonchev–Trinajstić information content (AvgIpc) is 2.81. The van der Waals surface area contributed by atoms with Gasteiger partial charge in [-0.25, -0.2) is 0 Å². The molecular formula is C16H22BrNO. The summed E-state index contributed by atoms with van der Waals surface area (Å²) in [5, 5.41) is 1.08. The highest BCUT2D eigenvalue weighted by Crippen LogP contribution is 2.27. The van der Waals surface area contributed by atoms with Crippen LogP contribution in [-0.2, 0) is 12.8 Å². The predicted octanol–water partition coefficient (Wildman–Crippen LogP) is 3.41. The van der Waals surface area contributed by atoms with Crippen molar-refractivity contribution in [3.05, 3.63) is 29.3 Å². The largest absolute Gasteiger partial charge is 0.493 e. The van der Waals surface area contributed by atoms with E-state index < -0.39 is 0 Å². The van der Waals surface area contributed by atoms with E-state index in [2.05, 4.69) is 39.0 Å². The van der Waals surface area contributed by atoms with E-state index in [4.69, 9.17) is 4.74 Å². The fourth-order valence-electron chi connectivity index (χ4n) is 3.01. The normalized spacial score (nSPS) is 18.2. The Bertz CT molecular complexity index is 431. The molecule has 0 aromatic heterocycles. The molecule has 1 saturated carbocycles. The van der Waals surface area contributed by atoms with Crippen LogP contribution in [0.15, 0.2) is 18.2 Å². The smallest absolute Gasteiger partial charge is 0.122 e. The van der Waals surface area contributed by atoms with E-state index in [-0.39, 0.29) is 0 Å². The van der Waals surface area contributed by atoms with Crippen LogP contribution in [0.5, 0.6) is 5.75 Å². The number of benzene rings is 1. The number of hydrogen-bond donors (Lipinski definition) is 0. The summed E-state index contributed by atoms with van der Waals surface area (Å²) in [6.07, 6.45) is 6.45. The van der Waals surface area contributed by atoms with Gasteiger partial charge < -0.3 is 4.74 Å². The zero-order chi connectivity index (χ0) is 13.1. The van der Waals surface area contributed by atoms with Crippen LogP contribution in [0.2, 0.25) is 0 Å². The van der Waals surface area contributed by atoms with Crippen LogP contribution in [0, 0.1) is 0 Å². The molecule has 104 valence electrons. The quantitative estimate of drug-likeness (QED) is 0.744. The molecule has 1 heterocycles. The van der Waals surface area contributed by atoms with Crippen molar-refractivity contribution < 1.29 is 4.74 Å². The van der Waals surface area contributed by atoms with Crippen LogP contribution >= 0.6 is 15.9 Å². The maximum atomic E-state index is 5.57. The molecule has 0 amide bonds. The Balaban J connectivity index is 1.58. The second kappa shape index (κ2) is 6.27. The molecule has 3 heteroatoms. The van der Waals surface area contributed by atoms with Gasteiger partial charge in [-0.2, -0.15) is 0 Å². The van der Waals surface area contributed by atoms with Crippen molar-refractivity contribution in [3.63, 3.8) is 0 Å². The molecule has 2 aliphatic rings. The van der Waals surface area contributed by atoms with Gasteiger partial charge in [0.2, 0.25) is 0 Å². The van der Waals surface area contributed by atoms with E-state index in [1.54, 1.807) is 0 Å². The minimum Gasteiger partial charge on any atom is -0.493 e. The van der Waals surface area contributed by atoms with Crippen molar-refractivity contribution in [2.45, 2.75) is 38.1 Å². The Morgan fingerprint density at radius 3 is 2.89 bits per heavy atom. The second-order valence-electron chi connectivity index (χ2n) is 5.60. The average molecular weight is 324 g/mol. The molecule has 0 saturated heterocycles. The lowest BCUT2D eigenvalue weighted by molar-refractivity contribution is 0.137. The minimum absolute atomic E-state index is 0.843. The Labute approximate surface area is 124 Å². The van der Waals surface area contributed by atoms with Crippen LogP contribution < -0.4 is 4.74 Å². The maximum absolute atomic E-state index is 5.57. The summed E-state index contributed by atoms with van der Waals surface area (Å²) in [5.74, 6) is 1.10. The number of hydrogen-bond acceptors (Lipinski definition) is 2. The maximum Gasteiger partial charge on any atom is 0.122 e. The summed E-state index contributed by atoms with van der Waals surface area (Å²) in [6.45, 7) is 3.23. The third-order valence-electron chi connectivity index (χ3n) is 4.40. The van der Waals surface area contributed by atoms with Gasteiger partial charge in [0.05, 0.1) is 6.61 Å². The van der Waals surface area contributed by atoms with E-state index >= 15 is 0 Å². The number of rotatable bonds is 6. The van der Waals surface area contributed by atoms with Gasteiger partial charge in [0.15, 0.2) is 0 Å². The number of fused-ring (bicyclic) bond motifs is 1. The van der Waals surface area contributed by atoms with E-state index in [0.717, 1.165) is 36.6 Å². The molecule has 1 aromatic rings. The van der Waals surface area contributed by atoms with Crippen LogP contribution in [0.3, 0.4) is 0 Å². The SMILES string of the molecule is BrCCN(CCc1ccc2c(c1)CCO2)C1CCC1. The van der Waals surface area contributed by atoms with Crippen molar-refractivity contribution in [2.75, 3.05) is 25.0 Å². The molecule has 2 nitrogen and oxygen atoms in total. The van der Waals surface area contributed by atoms with Gasteiger partial charge in [-0.1, -0.05) is 34.5 Å². The number of alkyl halides is 1. The van der Waals surface area contributed by atoms with Crippen molar-refractivity contribution >= 4 is 15.9 Å². The number of ether oxygens (including phenoxy) is 1. The standard InChI is InChI=1S/C16H22BrNO/c17-8-10-18(15-2-1-3-15)9-6-13-4-5-16-14(12-13)7-11-19-16/h4-5,12,15H,1-3,6-11H2. The van der Waals surface area contributed by atoms with Gasteiger partial charge in [-0.05, 0) is 36.5 Å². The summed E-state index contributed by atoms with van der Waals surface area (Å²) in [4.78, 5) is 2.65. The van der Waals surface area contributed by atoms with Gasteiger partial charge in [-0.15, -0.1) is 0 Å². The first-order valence-electron chi connectivity index (χ1n) is 7.41. The topological polar surface area (TPSA) is 12.5 Å². The van der Waals surface area contributed by atoms with Crippen LogP contribution in [0.25, 0.3) is 0 Å². The highest BCUT2D eigenvalue weighted by atomic mass is 79.9. The highest BCUT2D eigenvalue weighted by molar-refractivity contribution is 9.09. The molecule has 1 fully saturated rings. The molecule has 0 atom stereocenters. The molecule has 0 radical (unpaired) electrons. The lowest BCUT2D eigenvalue weighted by atomic mass is 9.91. The zero-order valence-electron chi connectivity index (χ0n) is 11.4. The number of halogens is 1. The Hall–Kier alpha value is -0.540. The Kier molecular flexibility index (Phi) is 4.44. The first kappa shape index (κ1) is 13.4. The van der Waals surface area contributed by atoms with Crippen molar-refractivity contribution in [1.82, 2.24) is 4.90 Å². The third-order valence-corrected chi connectivity index (χ3v) is 4.76. The van der Waals surface area contributed by atoms with Gasteiger partial charge in [0.1, 0.15) is 5.75 Å². The van der Waals surface area contributed by atoms with Gasteiger partial charge in [0.25, 0.3) is 0 Å². The molecule has 1 aliphatic carbocycles. The zero-order valence-corrected chi connectivity index (χ0v) is 13.0. The van der Waals surface area contributed by atoms with Crippen LogP contribution in [-0.4, -0.2) is 36.0 Å². The minimum atomic E-state index is 0.843. The van der Waals surface area contributed by atoms with Crippen molar-refractivity contribution in [3.8, 4) is 5.75 Å². The molecule has 1 aliphatic heterocycles. The summed E-state index contributed by atoms with van der Waals surface area (Å²) in [7, 11) is 0. The fraction of sp³-hybridized carbons (Fsp3) is 0.625. The van der Waals surface area contributed by atoms with Gasteiger partial charge in [-0.3, -0.25) is 4.90 Å².